The van der Waals surface area contributed by atoms with Gasteiger partial charge in [0.25, 0.3) is 0 Å². The van der Waals surface area contributed by atoms with Crippen LogP contribution in [0.3, 0.4) is 0 Å². The number of fused-ring (bicyclic) bond motifs is 7. The van der Waals surface area contributed by atoms with Crippen molar-refractivity contribution in [2.24, 2.45) is 44.8 Å². The lowest BCUT2D eigenvalue weighted by Crippen LogP contribution is -2.69. The van der Waals surface area contributed by atoms with E-state index in [0.29, 0.717) is 6.42 Å². The standard InChI is InChI=1S/C30H41NO4/c1-25(2)11-12-29(17-32)10-8-20-27(5)9-7-19-26(3,4)24(34)18(16-31)14-28(19,6)21(27)13-23(33)30(20,35)22(29)15-25/h13-14,19-20,22,32,35H,7-12,15,17H2,1-6H3. The van der Waals surface area contributed by atoms with E-state index in [4.69, 9.17) is 0 Å². The largest absolute Gasteiger partial charge is 0.396 e. The number of carbonyl (C=O) groups excluding carboxylic acids is 2. The lowest BCUT2D eigenvalue weighted by Gasteiger charge is -2.67. The summed E-state index contributed by atoms with van der Waals surface area (Å²) >= 11 is 0. The van der Waals surface area contributed by atoms with Gasteiger partial charge < -0.3 is 10.2 Å². The molecule has 5 heteroatoms. The Morgan fingerprint density at radius 3 is 2.26 bits per heavy atom. The first kappa shape index (κ1) is 24.9. The molecular formula is C30H41NO4. The highest BCUT2D eigenvalue weighted by atomic mass is 16.3. The molecule has 0 aromatic rings. The van der Waals surface area contributed by atoms with Gasteiger partial charge in [0.2, 0.25) is 0 Å². The minimum atomic E-state index is -1.50. The summed E-state index contributed by atoms with van der Waals surface area (Å²) in [6.07, 6.45) is 9.21. The van der Waals surface area contributed by atoms with Crippen LogP contribution in [0.15, 0.2) is 23.3 Å². The number of hydrogen-bond acceptors (Lipinski definition) is 5. The Bertz CT molecular complexity index is 1110. The number of nitriles is 1. The lowest BCUT2D eigenvalue weighted by molar-refractivity contribution is -0.216. The van der Waals surface area contributed by atoms with Gasteiger partial charge in [0.05, 0.1) is 5.57 Å². The third-order valence-corrected chi connectivity index (χ3v) is 11.7. The lowest BCUT2D eigenvalue weighted by atomic mass is 9.37. The number of carbonyl (C=O) groups is 2. The number of ketones is 2. The van der Waals surface area contributed by atoms with Crippen LogP contribution in [0.1, 0.15) is 86.5 Å². The second-order valence-electron chi connectivity index (χ2n) is 14.3. The normalized spacial score (nSPS) is 47.8. The Hall–Kier alpha value is -1.77. The second-order valence-corrected chi connectivity index (χ2v) is 14.3. The minimum absolute atomic E-state index is 0.00764. The molecular weight excluding hydrogens is 438 g/mol. The fourth-order valence-electron chi connectivity index (χ4n) is 9.72. The first-order chi connectivity index (χ1) is 16.1. The smallest absolute Gasteiger partial charge is 0.187 e. The van der Waals surface area contributed by atoms with Gasteiger partial charge in [0.1, 0.15) is 11.7 Å². The van der Waals surface area contributed by atoms with Crippen LogP contribution in [-0.4, -0.2) is 34.0 Å². The molecule has 3 fully saturated rings. The number of allylic oxidation sites excluding steroid dienone is 3. The van der Waals surface area contributed by atoms with Gasteiger partial charge in [-0.15, -0.1) is 0 Å². The van der Waals surface area contributed by atoms with Crippen molar-refractivity contribution in [2.45, 2.75) is 92.1 Å². The highest BCUT2D eigenvalue weighted by Crippen LogP contribution is 2.71. The number of aliphatic hydroxyl groups excluding tert-OH is 1. The Balaban J connectivity index is 1.69. The maximum atomic E-state index is 14.1. The molecule has 0 heterocycles. The van der Waals surface area contributed by atoms with E-state index in [9.17, 15) is 25.1 Å². The molecule has 0 aromatic heterocycles. The molecule has 2 N–H and O–H groups in total. The van der Waals surface area contributed by atoms with Gasteiger partial charge in [0, 0.05) is 29.3 Å². The summed E-state index contributed by atoms with van der Waals surface area (Å²) in [5, 5.41) is 32.8. The molecule has 0 aliphatic heterocycles. The molecule has 35 heavy (non-hydrogen) atoms. The first-order valence-electron chi connectivity index (χ1n) is 13.4. The van der Waals surface area contributed by atoms with E-state index >= 15 is 0 Å². The number of aliphatic hydroxyl groups is 2. The molecule has 0 saturated heterocycles. The topological polar surface area (TPSA) is 98.4 Å². The predicted octanol–water partition coefficient (Wildman–Crippen LogP) is 4.92. The molecule has 0 bridgehead atoms. The zero-order chi connectivity index (χ0) is 25.8. The summed E-state index contributed by atoms with van der Waals surface area (Å²) in [5.41, 5.74) is -2.43. The molecule has 5 aliphatic carbocycles. The summed E-state index contributed by atoms with van der Waals surface area (Å²) in [6.45, 7) is 12.6. The molecule has 0 radical (unpaired) electrons. The van der Waals surface area contributed by atoms with Crippen LogP contribution in [0.25, 0.3) is 0 Å². The van der Waals surface area contributed by atoms with Gasteiger partial charge >= 0.3 is 0 Å². The molecule has 5 nitrogen and oxygen atoms in total. The third-order valence-electron chi connectivity index (χ3n) is 11.7. The zero-order valence-electron chi connectivity index (χ0n) is 22.2. The fourth-order valence-corrected chi connectivity index (χ4v) is 9.72. The predicted molar refractivity (Wildman–Crippen MR) is 133 cm³/mol. The highest BCUT2D eigenvalue weighted by molar-refractivity contribution is 6.05. The molecule has 5 aliphatic rings. The van der Waals surface area contributed by atoms with Gasteiger partial charge in [0.15, 0.2) is 11.6 Å². The molecule has 190 valence electrons. The van der Waals surface area contributed by atoms with Crippen molar-refractivity contribution in [3.63, 3.8) is 0 Å². The van der Waals surface area contributed by atoms with E-state index in [1.165, 1.54) is 0 Å². The van der Waals surface area contributed by atoms with Crippen LogP contribution in [0.5, 0.6) is 0 Å². The molecule has 5 rings (SSSR count). The van der Waals surface area contributed by atoms with Crippen LogP contribution in [0, 0.1) is 56.2 Å². The van der Waals surface area contributed by atoms with Crippen molar-refractivity contribution in [2.75, 3.05) is 6.61 Å². The van der Waals surface area contributed by atoms with E-state index in [1.54, 1.807) is 6.08 Å². The van der Waals surface area contributed by atoms with Gasteiger partial charge in [-0.05, 0) is 73.2 Å². The van der Waals surface area contributed by atoms with Crippen molar-refractivity contribution in [3.8, 4) is 6.07 Å². The molecule has 0 spiro atoms. The van der Waals surface area contributed by atoms with E-state index < -0.39 is 27.3 Å². The number of rotatable bonds is 1. The summed E-state index contributed by atoms with van der Waals surface area (Å²) in [5.74, 6) is -0.867. The van der Waals surface area contributed by atoms with Crippen LogP contribution >= 0.6 is 0 Å². The molecule has 0 amide bonds. The number of Topliss-reactive ketones (excluding diaryl/α,β-unsaturated/α-hetero) is 1. The minimum Gasteiger partial charge on any atom is -0.396 e. The van der Waals surface area contributed by atoms with Crippen LogP contribution in [-0.2, 0) is 9.59 Å². The van der Waals surface area contributed by atoms with Crippen LogP contribution in [0.2, 0.25) is 0 Å². The molecule has 0 aromatic carbocycles. The quantitative estimate of drug-likeness (QED) is 0.556. The van der Waals surface area contributed by atoms with Gasteiger partial charge in [-0.2, -0.15) is 5.26 Å². The summed E-state index contributed by atoms with van der Waals surface area (Å²) in [6, 6.07) is 2.13. The van der Waals surface area contributed by atoms with E-state index in [2.05, 4.69) is 33.8 Å². The second kappa shape index (κ2) is 7.17. The average molecular weight is 480 g/mol. The van der Waals surface area contributed by atoms with Gasteiger partial charge in [-0.1, -0.05) is 53.2 Å². The fraction of sp³-hybridized carbons (Fsp3) is 0.767. The van der Waals surface area contributed by atoms with Crippen LogP contribution < -0.4 is 0 Å². The summed E-state index contributed by atoms with van der Waals surface area (Å²) in [7, 11) is 0. The molecule has 7 atom stereocenters. The van der Waals surface area contributed by atoms with Crippen molar-refractivity contribution in [3.05, 3.63) is 23.3 Å². The Kier molecular flexibility index (Phi) is 5.10. The number of nitrogens with zero attached hydrogens (tertiary/aromatic N) is 1. The van der Waals surface area contributed by atoms with E-state index in [0.717, 1.165) is 44.1 Å². The zero-order valence-corrected chi connectivity index (χ0v) is 22.2. The van der Waals surface area contributed by atoms with Gasteiger partial charge in [-0.25, -0.2) is 0 Å². The summed E-state index contributed by atoms with van der Waals surface area (Å²) in [4.78, 5) is 27.2. The highest BCUT2D eigenvalue weighted by Gasteiger charge is 2.70. The van der Waals surface area contributed by atoms with Crippen molar-refractivity contribution in [1.29, 1.82) is 5.26 Å². The van der Waals surface area contributed by atoms with E-state index in [1.807, 2.05) is 19.9 Å². The summed E-state index contributed by atoms with van der Waals surface area (Å²) < 4.78 is 0. The molecule has 3 saturated carbocycles. The Morgan fingerprint density at radius 1 is 0.971 bits per heavy atom. The van der Waals surface area contributed by atoms with Crippen molar-refractivity contribution >= 4 is 11.6 Å². The third kappa shape index (κ3) is 2.93. The Morgan fingerprint density at radius 2 is 1.63 bits per heavy atom. The SMILES string of the molecule is CC1(C)CCC2(CO)CCC3C4(C)CCC5C(C)(C)C(=O)C(C#N)=CC5(C)C4=CC(=O)C3(O)C2C1. The maximum absolute atomic E-state index is 14.1. The van der Waals surface area contributed by atoms with Gasteiger partial charge in [-0.3, -0.25) is 9.59 Å². The van der Waals surface area contributed by atoms with Crippen molar-refractivity contribution < 1.29 is 19.8 Å². The molecule has 7 unspecified atom stereocenters. The number of hydrogen-bond donors (Lipinski definition) is 2. The maximum Gasteiger partial charge on any atom is 0.187 e. The average Bonchev–Trinajstić information content (AvgIpc) is 2.78. The first-order valence-corrected chi connectivity index (χ1v) is 13.4. The monoisotopic (exact) mass is 479 g/mol. The van der Waals surface area contributed by atoms with Crippen molar-refractivity contribution in [1.82, 2.24) is 0 Å². The Labute approximate surface area is 209 Å². The van der Waals surface area contributed by atoms with Crippen LogP contribution in [0.4, 0.5) is 0 Å². The van der Waals surface area contributed by atoms with E-state index in [-0.39, 0.29) is 46.9 Å².